The molecule has 162 valence electrons. The van der Waals surface area contributed by atoms with Crippen LogP contribution in [0.15, 0.2) is 22.7 Å². The number of aryl methyl sites for hydroxylation is 1. The van der Waals surface area contributed by atoms with E-state index in [1.165, 1.54) is 16.6 Å². The number of ether oxygens (including phenoxy) is 1. The van der Waals surface area contributed by atoms with Gasteiger partial charge in [0.2, 0.25) is 11.8 Å². The average molecular weight is 514 g/mol. The van der Waals surface area contributed by atoms with E-state index in [9.17, 15) is 27.2 Å². The fraction of sp³-hybridized carbons (Fsp3) is 0.353. The van der Waals surface area contributed by atoms with E-state index < -0.39 is 47.3 Å². The van der Waals surface area contributed by atoms with Crippen LogP contribution in [0.25, 0.3) is 0 Å². The Bertz CT molecular complexity index is 1010. The van der Waals surface area contributed by atoms with E-state index in [4.69, 9.17) is 11.6 Å². The van der Waals surface area contributed by atoms with E-state index in [0.29, 0.717) is 10.2 Å². The molecule has 13 heteroatoms. The quantitative estimate of drug-likeness (QED) is 0.500. The Balaban J connectivity index is 1.94. The van der Waals surface area contributed by atoms with Gasteiger partial charge in [-0.1, -0.05) is 17.7 Å². The third-order valence-corrected chi connectivity index (χ3v) is 5.98. The molecule has 1 N–H and O–H groups in total. The molecular formula is C17H14BrClF4N4O3. The first kappa shape index (κ1) is 22.3. The number of alkyl halides is 3. The molecule has 2 aromatic rings. The zero-order valence-electron chi connectivity index (χ0n) is 15.4. The predicted octanol–water partition coefficient (Wildman–Crippen LogP) is 3.68. The van der Waals surface area contributed by atoms with Gasteiger partial charge in [0.15, 0.2) is 11.6 Å². The first-order chi connectivity index (χ1) is 13.9. The van der Waals surface area contributed by atoms with Gasteiger partial charge in [-0.2, -0.15) is 5.10 Å². The fourth-order valence-corrected chi connectivity index (χ4v) is 3.98. The van der Waals surface area contributed by atoms with E-state index in [2.05, 4.69) is 31.1 Å². The molecule has 1 aromatic heterocycles. The summed E-state index contributed by atoms with van der Waals surface area (Å²) >= 11 is 9.37. The summed E-state index contributed by atoms with van der Waals surface area (Å²) in [5, 5.41) is 6.65. The van der Waals surface area contributed by atoms with E-state index in [1.54, 1.807) is 7.05 Å². The molecule has 2 amide bonds. The number of nitrogens with one attached hydrogen (secondary N) is 1. The lowest BCUT2D eigenvalue weighted by molar-refractivity contribution is -0.275. The van der Waals surface area contributed by atoms with Crippen molar-refractivity contribution in [2.45, 2.75) is 12.3 Å². The number of para-hydroxylation sites is 1. The Kier molecular flexibility index (Phi) is 6.01. The molecule has 1 aliphatic heterocycles. The molecule has 1 aliphatic rings. The number of carbonyl (C=O) groups excluding carboxylic acids is 2. The maximum Gasteiger partial charge on any atom is 0.573 e. The molecule has 2 atom stereocenters. The van der Waals surface area contributed by atoms with Gasteiger partial charge in [0, 0.05) is 26.6 Å². The molecule has 3 rings (SSSR count). The van der Waals surface area contributed by atoms with Gasteiger partial charge in [0.1, 0.15) is 11.1 Å². The summed E-state index contributed by atoms with van der Waals surface area (Å²) in [4.78, 5) is 26.8. The molecule has 0 aliphatic carbocycles. The Morgan fingerprint density at radius 2 is 2.03 bits per heavy atom. The minimum Gasteiger partial charge on any atom is -0.400 e. The predicted molar refractivity (Wildman–Crippen MR) is 101 cm³/mol. The third kappa shape index (κ3) is 4.24. The third-order valence-electron chi connectivity index (χ3n) is 4.54. The number of halogens is 6. The average Bonchev–Trinajstić information content (AvgIpc) is 3.07. The standard InChI is InChI=1S/C17H14BrClF4N4O3/c1-26-6-7(12-11(18)14(19)27(2)25-12)10(16(26)29)15(28)24-9-5-3-4-8(20)13(9)30-17(21,22)23/h3-5,7,10H,6H2,1-2H3,(H,24,28)/t7-,10-/m0/s1. The Hall–Kier alpha value is -2.34. The first-order valence-electron chi connectivity index (χ1n) is 8.38. The fourth-order valence-electron chi connectivity index (χ4n) is 3.21. The van der Waals surface area contributed by atoms with Gasteiger partial charge in [0.25, 0.3) is 0 Å². The summed E-state index contributed by atoms with van der Waals surface area (Å²) in [5.74, 6) is -6.08. The van der Waals surface area contributed by atoms with Crippen LogP contribution < -0.4 is 10.1 Å². The zero-order chi connectivity index (χ0) is 22.4. The number of likely N-dealkylation sites (tertiary alicyclic amines) is 1. The number of carbonyl (C=O) groups is 2. The van der Waals surface area contributed by atoms with Crippen LogP contribution in [0.3, 0.4) is 0 Å². The number of hydrogen-bond acceptors (Lipinski definition) is 4. The lowest BCUT2D eigenvalue weighted by Gasteiger charge is -2.18. The van der Waals surface area contributed by atoms with Gasteiger partial charge in [-0.25, -0.2) is 4.39 Å². The van der Waals surface area contributed by atoms with Crippen LogP contribution in [-0.2, 0) is 16.6 Å². The van der Waals surface area contributed by atoms with Gasteiger partial charge >= 0.3 is 6.36 Å². The number of rotatable bonds is 4. The lowest BCUT2D eigenvalue weighted by Crippen LogP contribution is -2.33. The Morgan fingerprint density at radius 3 is 2.60 bits per heavy atom. The van der Waals surface area contributed by atoms with Crippen LogP contribution in [0.4, 0.5) is 23.2 Å². The van der Waals surface area contributed by atoms with Crippen molar-refractivity contribution < 1.29 is 31.9 Å². The molecule has 30 heavy (non-hydrogen) atoms. The smallest absolute Gasteiger partial charge is 0.400 e. The highest BCUT2D eigenvalue weighted by molar-refractivity contribution is 9.10. The van der Waals surface area contributed by atoms with E-state index >= 15 is 0 Å². The number of amides is 2. The van der Waals surface area contributed by atoms with E-state index in [1.807, 2.05) is 0 Å². The summed E-state index contributed by atoms with van der Waals surface area (Å²) in [6.07, 6.45) is -5.18. The summed E-state index contributed by atoms with van der Waals surface area (Å²) in [5.41, 5.74) is -0.220. The molecule has 7 nitrogen and oxygen atoms in total. The molecule has 0 saturated carbocycles. The summed E-state index contributed by atoms with van der Waals surface area (Å²) in [6.45, 7) is 0.123. The summed E-state index contributed by atoms with van der Waals surface area (Å²) < 4.78 is 57.2. The van der Waals surface area contributed by atoms with Crippen molar-refractivity contribution >= 4 is 45.0 Å². The van der Waals surface area contributed by atoms with Crippen molar-refractivity contribution in [3.63, 3.8) is 0 Å². The van der Waals surface area contributed by atoms with Crippen molar-refractivity contribution in [1.29, 1.82) is 0 Å². The van der Waals surface area contributed by atoms with Crippen LogP contribution in [0.5, 0.6) is 5.75 Å². The molecule has 1 fully saturated rings. The minimum absolute atomic E-state index is 0.123. The molecule has 2 heterocycles. The number of benzene rings is 1. The largest absolute Gasteiger partial charge is 0.573 e. The van der Waals surface area contributed by atoms with Crippen LogP contribution in [-0.4, -0.2) is 46.4 Å². The molecule has 1 saturated heterocycles. The van der Waals surface area contributed by atoms with Crippen LogP contribution in [0, 0.1) is 11.7 Å². The monoisotopic (exact) mass is 512 g/mol. The van der Waals surface area contributed by atoms with Gasteiger partial charge in [-0.3, -0.25) is 14.3 Å². The normalized spacial score (nSPS) is 19.3. The first-order valence-corrected chi connectivity index (χ1v) is 9.55. The number of nitrogens with zero attached hydrogens (tertiary/aromatic N) is 3. The SMILES string of the molecule is CN1C[C@H](c2nn(C)c(Cl)c2Br)[C@@H](C(=O)Nc2cccc(F)c2OC(F)(F)F)C1=O. The molecule has 0 spiro atoms. The van der Waals surface area contributed by atoms with Crippen LogP contribution in [0.1, 0.15) is 11.6 Å². The summed E-state index contributed by atoms with van der Waals surface area (Å²) in [7, 11) is 3.04. The van der Waals surface area contributed by atoms with Crippen molar-refractivity contribution in [3.8, 4) is 5.75 Å². The zero-order valence-corrected chi connectivity index (χ0v) is 17.8. The van der Waals surface area contributed by atoms with Crippen LogP contribution in [0.2, 0.25) is 5.15 Å². The van der Waals surface area contributed by atoms with Crippen molar-refractivity contribution in [2.75, 3.05) is 18.9 Å². The highest BCUT2D eigenvalue weighted by atomic mass is 79.9. The molecule has 0 bridgehead atoms. The van der Waals surface area contributed by atoms with E-state index in [-0.39, 0.29) is 11.7 Å². The molecular weight excluding hydrogens is 500 g/mol. The van der Waals surface area contributed by atoms with Gasteiger partial charge in [-0.15, -0.1) is 13.2 Å². The van der Waals surface area contributed by atoms with Gasteiger partial charge in [0.05, 0.1) is 15.9 Å². The lowest BCUT2D eigenvalue weighted by atomic mass is 9.91. The van der Waals surface area contributed by atoms with Crippen molar-refractivity contribution in [2.24, 2.45) is 13.0 Å². The highest BCUT2D eigenvalue weighted by Gasteiger charge is 2.47. The second-order valence-corrected chi connectivity index (χ2v) is 7.72. The Morgan fingerprint density at radius 1 is 1.37 bits per heavy atom. The highest BCUT2D eigenvalue weighted by Crippen LogP contribution is 2.40. The van der Waals surface area contributed by atoms with E-state index in [0.717, 1.165) is 18.2 Å². The topological polar surface area (TPSA) is 76.5 Å². The van der Waals surface area contributed by atoms with Gasteiger partial charge < -0.3 is 15.0 Å². The Labute approximate surface area is 181 Å². The number of likely N-dealkylation sites (N-methyl/N-ethyl adjacent to an activating group) is 1. The van der Waals surface area contributed by atoms with Crippen molar-refractivity contribution in [1.82, 2.24) is 14.7 Å². The van der Waals surface area contributed by atoms with Crippen LogP contribution >= 0.6 is 27.5 Å². The summed E-state index contributed by atoms with van der Waals surface area (Å²) in [6, 6.07) is 2.89. The number of hydrogen-bond donors (Lipinski definition) is 1. The second kappa shape index (κ2) is 8.06. The molecule has 0 radical (unpaired) electrons. The maximum absolute atomic E-state index is 13.9. The maximum atomic E-state index is 13.9. The minimum atomic E-state index is -5.18. The van der Waals surface area contributed by atoms with Crippen molar-refractivity contribution in [3.05, 3.63) is 39.3 Å². The number of aromatic nitrogens is 2. The molecule has 0 unspecified atom stereocenters. The molecule has 1 aromatic carbocycles. The van der Waals surface area contributed by atoms with Gasteiger partial charge in [-0.05, 0) is 28.1 Å². The second-order valence-electron chi connectivity index (χ2n) is 6.57. The number of anilines is 1.